The molecule has 0 bridgehead atoms. The molecule has 21 heavy (non-hydrogen) atoms. The lowest BCUT2D eigenvalue weighted by molar-refractivity contribution is 0.0631. The quantitative estimate of drug-likeness (QED) is 0.923. The largest absolute Gasteiger partial charge is 0.372 e. The van der Waals surface area contributed by atoms with Crippen LogP contribution in [0.3, 0.4) is 0 Å². The molecule has 1 aliphatic carbocycles. The SMILES string of the molecule is CNc1ncc(C(=O)N2CCN(CC3CC3)CC2)cc1Cl. The summed E-state index contributed by atoms with van der Waals surface area (Å²) in [5, 5.41) is 3.38. The third-order valence-corrected chi connectivity index (χ3v) is 4.49. The summed E-state index contributed by atoms with van der Waals surface area (Å²) in [6.07, 6.45) is 4.35. The second kappa shape index (κ2) is 6.20. The number of halogens is 1. The van der Waals surface area contributed by atoms with Crippen LogP contribution >= 0.6 is 11.6 Å². The van der Waals surface area contributed by atoms with Gasteiger partial charge in [-0.2, -0.15) is 0 Å². The Balaban J connectivity index is 1.59. The van der Waals surface area contributed by atoms with E-state index in [1.165, 1.54) is 19.4 Å². The molecule has 1 saturated heterocycles. The van der Waals surface area contributed by atoms with Gasteiger partial charge in [0.15, 0.2) is 0 Å². The number of rotatable bonds is 4. The molecule has 0 unspecified atom stereocenters. The van der Waals surface area contributed by atoms with Gasteiger partial charge in [0.2, 0.25) is 0 Å². The molecule has 0 aromatic carbocycles. The van der Waals surface area contributed by atoms with Gasteiger partial charge in [0.1, 0.15) is 5.82 Å². The summed E-state index contributed by atoms with van der Waals surface area (Å²) in [6, 6.07) is 1.69. The molecule has 2 fully saturated rings. The number of nitrogens with one attached hydrogen (secondary N) is 1. The van der Waals surface area contributed by atoms with Crippen LogP contribution in [0.5, 0.6) is 0 Å². The number of aromatic nitrogens is 1. The standard InChI is InChI=1S/C15H21ClN4O/c1-17-14-13(16)8-12(9-18-14)15(21)20-6-4-19(5-7-20)10-11-2-3-11/h8-9,11H,2-7,10H2,1H3,(H,17,18). The van der Waals surface area contributed by atoms with Gasteiger partial charge >= 0.3 is 0 Å². The number of hydrogen-bond acceptors (Lipinski definition) is 4. The Morgan fingerprint density at radius 3 is 2.67 bits per heavy atom. The summed E-state index contributed by atoms with van der Waals surface area (Å²) in [7, 11) is 1.76. The van der Waals surface area contributed by atoms with E-state index < -0.39 is 0 Å². The van der Waals surface area contributed by atoms with Crippen LogP contribution in [0, 0.1) is 5.92 Å². The van der Waals surface area contributed by atoms with Gasteiger partial charge in [0.05, 0.1) is 10.6 Å². The van der Waals surface area contributed by atoms with Crippen molar-refractivity contribution in [3.05, 3.63) is 22.8 Å². The highest BCUT2D eigenvalue weighted by Gasteiger charge is 2.28. The van der Waals surface area contributed by atoms with Gasteiger partial charge in [-0.1, -0.05) is 11.6 Å². The molecule has 3 rings (SSSR count). The Morgan fingerprint density at radius 1 is 1.38 bits per heavy atom. The molecular weight excluding hydrogens is 288 g/mol. The summed E-state index contributed by atoms with van der Waals surface area (Å²) >= 11 is 6.10. The van der Waals surface area contributed by atoms with Gasteiger partial charge in [-0.15, -0.1) is 0 Å². The Kier molecular flexibility index (Phi) is 4.31. The van der Waals surface area contributed by atoms with Gasteiger partial charge in [0, 0.05) is 46.0 Å². The van der Waals surface area contributed by atoms with Crippen molar-refractivity contribution in [3.8, 4) is 0 Å². The van der Waals surface area contributed by atoms with Crippen molar-refractivity contribution in [2.24, 2.45) is 5.92 Å². The van der Waals surface area contributed by atoms with E-state index in [0.29, 0.717) is 16.4 Å². The van der Waals surface area contributed by atoms with Gasteiger partial charge in [-0.05, 0) is 24.8 Å². The molecule has 6 heteroatoms. The fraction of sp³-hybridized carbons (Fsp3) is 0.600. The summed E-state index contributed by atoms with van der Waals surface area (Å²) in [5.41, 5.74) is 0.564. The lowest BCUT2D eigenvalue weighted by Gasteiger charge is -2.34. The minimum atomic E-state index is 0.0260. The van der Waals surface area contributed by atoms with Crippen LogP contribution in [0.4, 0.5) is 5.82 Å². The minimum Gasteiger partial charge on any atom is -0.372 e. The predicted molar refractivity (Wildman–Crippen MR) is 83.9 cm³/mol. The Morgan fingerprint density at radius 2 is 2.10 bits per heavy atom. The Labute approximate surface area is 130 Å². The summed E-state index contributed by atoms with van der Waals surface area (Å²) in [5.74, 6) is 1.53. The van der Waals surface area contributed by atoms with Crippen molar-refractivity contribution in [3.63, 3.8) is 0 Å². The molecule has 0 radical (unpaired) electrons. The first-order chi connectivity index (χ1) is 10.2. The van der Waals surface area contributed by atoms with Crippen LogP contribution in [-0.2, 0) is 0 Å². The van der Waals surface area contributed by atoms with E-state index in [2.05, 4.69) is 15.2 Å². The zero-order valence-electron chi connectivity index (χ0n) is 12.3. The maximum absolute atomic E-state index is 12.5. The smallest absolute Gasteiger partial charge is 0.255 e. The number of carbonyl (C=O) groups excluding carboxylic acids is 1. The Hall–Kier alpha value is -1.33. The fourth-order valence-electron chi connectivity index (χ4n) is 2.72. The molecule has 1 N–H and O–H groups in total. The van der Waals surface area contributed by atoms with Crippen LogP contribution in [0.15, 0.2) is 12.3 Å². The molecule has 1 amide bonds. The van der Waals surface area contributed by atoms with Crippen LogP contribution in [0.1, 0.15) is 23.2 Å². The number of piperazine rings is 1. The minimum absolute atomic E-state index is 0.0260. The fourth-order valence-corrected chi connectivity index (χ4v) is 2.98. The lowest BCUT2D eigenvalue weighted by Crippen LogP contribution is -2.49. The number of amides is 1. The number of anilines is 1. The van der Waals surface area contributed by atoms with Crippen molar-refractivity contribution >= 4 is 23.3 Å². The maximum Gasteiger partial charge on any atom is 0.255 e. The van der Waals surface area contributed by atoms with Gasteiger partial charge in [0.25, 0.3) is 5.91 Å². The monoisotopic (exact) mass is 308 g/mol. The Bertz CT molecular complexity index is 524. The predicted octanol–water partition coefficient (Wildman–Crippen LogP) is 1.94. The first kappa shape index (κ1) is 14.6. The zero-order valence-corrected chi connectivity index (χ0v) is 13.1. The first-order valence-electron chi connectivity index (χ1n) is 7.52. The second-order valence-electron chi connectivity index (χ2n) is 5.84. The van der Waals surface area contributed by atoms with Crippen molar-refractivity contribution in [2.75, 3.05) is 45.1 Å². The molecule has 1 aliphatic heterocycles. The van der Waals surface area contributed by atoms with Gasteiger partial charge in [-0.25, -0.2) is 4.98 Å². The third kappa shape index (κ3) is 3.47. The summed E-state index contributed by atoms with van der Waals surface area (Å²) < 4.78 is 0. The highest BCUT2D eigenvalue weighted by Crippen LogP contribution is 2.30. The number of hydrogen-bond donors (Lipinski definition) is 1. The number of pyridine rings is 1. The first-order valence-corrected chi connectivity index (χ1v) is 7.90. The van der Waals surface area contributed by atoms with Gasteiger partial charge in [-0.3, -0.25) is 9.69 Å². The van der Waals surface area contributed by atoms with E-state index in [-0.39, 0.29) is 5.91 Å². The number of carbonyl (C=O) groups is 1. The number of nitrogens with zero attached hydrogens (tertiary/aromatic N) is 3. The van der Waals surface area contributed by atoms with Crippen LogP contribution < -0.4 is 5.32 Å². The third-order valence-electron chi connectivity index (χ3n) is 4.20. The summed E-state index contributed by atoms with van der Waals surface area (Å²) in [6.45, 7) is 4.72. The van der Waals surface area contributed by atoms with E-state index in [0.717, 1.165) is 32.1 Å². The zero-order chi connectivity index (χ0) is 14.8. The van der Waals surface area contributed by atoms with Crippen LogP contribution in [0.25, 0.3) is 0 Å². The van der Waals surface area contributed by atoms with E-state index in [4.69, 9.17) is 11.6 Å². The van der Waals surface area contributed by atoms with Crippen LogP contribution in [-0.4, -0.2) is 60.5 Å². The van der Waals surface area contributed by atoms with Crippen molar-refractivity contribution in [1.82, 2.24) is 14.8 Å². The molecular formula is C15H21ClN4O. The van der Waals surface area contributed by atoms with E-state index in [1.54, 1.807) is 19.3 Å². The van der Waals surface area contributed by atoms with E-state index in [1.807, 2.05) is 4.90 Å². The average molecular weight is 309 g/mol. The summed E-state index contributed by atoms with van der Waals surface area (Å²) in [4.78, 5) is 21.0. The lowest BCUT2D eigenvalue weighted by atomic mass is 10.2. The second-order valence-corrected chi connectivity index (χ2v) is 6.25. The van der Waals surface area contributed by atoms with E-state index >= 15 is 0 Å². The molecule has 1 saturated carbocycles. The molecule has 5 nitrogen and oxygen atoms in total. The van der Waals surface area contributed by atoms with Gasteiger partial charge < -0.3 is 10.2 Å². The highest BCUT2D eigenvalue weighted by molar-refractivity contribution is 6.33. The molecule has 1 aromatic heterocycles. The average Bonchev–Trinajstić information content (AvgIpc) is 3.31. The molecule has 2 heterocycles. The molecule has 1 aromatic rings. The topological polar surface area (TPSA) is 48.5 Å². The van der Waals surface area contributed by atoms with Crippen molar-refractivity contribution in [1.29, 1.82) is 0 Å². The molecule has 0 spiro atoms. The molecule has 114 valence electrons. The van der Waals surface area contributed by atoms with Crippen LogP contribution in [0.2, 0.25) is 5.02 Å². The van der Waals surface area contributed by atoms with Crippen molar-refractivity contribution in [2.45, 2.75) is 12.8 Å². The molecule has 2 aliphatic rings. The van der Waals surface area contributed by atoms with E-state index in [9.17, 15) is 4.79 Å². The molecule has 0 atom stereocenters. The highest BCUT2D eigenvalue weighted by atomic mass is 35.5. The normalized spacial score (nSPS) is 19.6. The van der Waals surface area contributed by atoms with Crippen molar-refractivity contribution < 1.29 is 4.79 Å². The maximum atomic E-state index is 12.5.